The highest BCUT2D eigenvalue weighted by molar-refractivity contribution is 9.10. The fourth-order valence-electron chi connectivity index (χ4n) is 1.69. The van der Waals surface area contributed by atoms with E-state index in [1.807, 2.05) is 12.3 Å². The zero-order chi connectivity index (χ0) is 11.8. The van der Waals surface area contributed by atoms with Crippen LogP contribution < -0.4 is 0 Å². The summed E-state index contributed by atoms with van der Waals surface area (Å²) in [5, 5.41) is 0. The third-order valence-corrected chi connectivity index (χ3v) is 4.43. The van der Waals surface area contributed by atoms with Gasteiger partial charge in [0, 0.05) is 4.47 Å². The van der Waals surface area contributed by atoms with Crippen LogP contribution in [0, 0.1) is 5.82 Å². The Morgan fingerprint density at radius 1 is 1.56 bits per heavy atom. The van der Waals surface area contributed by atoms with Crippen LogP contribution in [0.5, 0.6) is 0 Å². The molecule has 0 radical (unpaired) electrons. The first-order chi connectivity index (χ1) is 7.63. The number of isocyanates is 1. The van der Waals surface area contributed by atoms with Gasteiger partial charge in [-0.1, -0.05) is 0 Å². The number of thioether (sulfide) groups is 1. The second-order valence-electron chi connectivity index (χ2n) is 3.71. The molecular weight excluding hydrogens is 293 g/mol. The lowest BCUT2D eigenvalue weighted by atomic mass is 10.1. The summed E-state index contributed by atoms with van der Waals surface area (Å²) in [6.07, 6.45) is 4.96. The lowest BCUT2D eigenvalue weighted by Crippen LogP contribution is -2.03. The van der Waals surface area contributed by atoms with Gasteiger partial charge >= 0.3 is 0 Å². The van der Waals surface area contributed by atoms with E-state index < -0.39 is 5.54 Å². The van der Waals surface area contributed by atoms with E-state index >= 15 is 0 Å². The Bertz CT molecular complexity index is 458. The van der Waals surface area contributed by atoms with E-state index in [-0.39, 0.29) is 5.82 Å². The van der Waals surface area contributed by atoms with Crippen LogP contribution in [0.25, 0.3) is 0 Å². The normalized spacial score (nSPS) is 16.7. The summed E-state index contributed by atoms with van der Waals surface area (Å²) in [6, 6.07) is 3.30. The van der Waals surface area contributed by atoms with Gasteiger partial charge in [0.1, 0.15) is 5.82 Å². The van der Waals surface area contributed by atoms with E-state index in [0.29, 0.717) is 9.37 Å². The topological polar surface area (TPSA) is 29.4 Å². The molecule has 0 bridgehead atoms. The van der Waals surface area contributed by atoms with Gasteiger partial charge in [-0.25, -0.2) is 9.18 Å². The molecule has 0 amide bonds. The van der Waals surface area contributed by atoms with E-state index in [1.54, 1.807) is 6.08 Å². The summed E-state index contributed by atoms with van der Waals surface area (Å²) >= 11 is 4.67. The first kappa shape index (κ1) is 11.8. The zero-order valence-corrected chi connectivity index (χ0v) is 11.0. The van der Waals surface area contributed by atoms with Crippen molar-refractivity contribution in [1.82, 2.24) is 0 Å². The van der Waals surface area contributed by atoms with Crippen LogP contribution in [0.3, 0.4) is 0 Å². The number of nitrogens with zero attached hydrogens (tertiary/aromatic N) is 1. The second-order valence-corrected chi connectivity index (χ2v) is 5.38. The van der Waals surface area contributed by atoms with Gasteiger partial charge < -0.3 is 0 Å². The smallest absolute Gasteiger partial charge is 0.211 e. The first-order valence-electron chi connectivity index (χ1n) is 4.75. The largest absolute Gasteiger partial charge is 0.235 e. The maximum atomic E-state index is 13.7. The van der Waals surface area contributed by atoms with Gasteiger partial charge in [0.25, 0.3) is 0 Å². The van der Waals surface area contributed by atoms with Crippen molar-refractivity contribution in [2.45, 2.75) is 23.3 Å². The van der Waals surface area contributed by atoms with Crippen molar-refractivity contribution in [3.8, 4) is 0 Å². The SMILES string of the molecule is CSc1c(F)cc(C2(N=C=O)CC2)cc1Br. The molecule has 1 aromatic rings. The molecule has 84 valence electrons. The van der Waals surface area contributed by atoms with Crippen LogP contribution in [0.4, 0.5) is 4.39 Å². The van der Waals surface area contributed by atoms with Crippen molar-refractivity contribution in [2.75, 3.05) is 6.26 Å². The minimum atomic E-state index is -0.512. The highest BCUT2D eigenvalue weighted by Gasteiger charge is 2.45. The third-order valence-electron chi connectivity index (χ3n) is 2.72. The lowest BCUT2D eigenvalue weighted by molar-refractivity contribution is 0.554. The molecular formula is C11H9BrFNOS. The summed E-state index contributed by atoms with van der Waals surface area (Å²) in [5.74, 6) is -0.274. The Morgan fingerprint density at radius 2 is 2.25 bits per heavy atom. The van der Waals surface area contributed by atoms with Gasteiger partial charge in [-0.3, -0.25) is 0 Å². The van der Waals surface area contributed by atoms with Gasteiger partial charge in [-0.2, -0.15) is 4.99 Å². The van der Waals surface area contributed by atoms with Crippen molar-refractivity contribution < 1.29 is 9.18 Å². The minimum Gasteiger partial charge on any atom is -0.211 e. The van der Waals surface area contributed by atoms with Gasteiger partial charge in [-0.05, 0) is 52.7 Å². The van der Waals surface area contributed by atoms with Crippen LogP contribution in [0.1, 0.15) is 18.4 Å². The molecule has 0 unspecified atom stereocenters. The molecule has 0 saturated heterocycles. The summed E-state index contributed by atoms with van der Waals surface area (Å²) in [5.41, 5.74) is 0.236. The molecule has 1 saturated carbocycles. The monoisotopic (exact) mass is 301 g/mol. The highest BCUT2D eigenvalue weighted by atomic mass is 79.9. The quantitative estimate of drug-likeness (QED) is 0.485. The van der Waals surface area contributed by atoms with E-state index in [0.717, 1.165) is 18.4 Å². The van der Waals surface area contributed by atoms with Crippen LogP contribution in [0.2, 0.25) is 0 Å². The summed E-state index contributed by atoms with van der Waals surface area (Å²) in [7, 11) is 0. The molecule has 0 aromatic heterocycles. The Morgan fingerprint density at radius 3 is 2.69 bits per heavy atom. The van der Waals surface area contributed by atoms with E-state index in [9.17, 15) is 9.18 Å². The molecule has 1 aliphatic carbocycles. The molecule has 5 heteroatoms. The van der Waals surface area contributed by atoms with E-state index in [2.05, 4.69) is 20.9 Å². The van der Waals surface area contributed by atoms with E-state index in [4.69, 9.17) is 0 Å². The Hall–Kier alpha value is -0.640. The van der Waals surface area contributed by atoms with Crippen LogP contribution in [0.15, 0.2) is 26.5 Å². The minimum absolute atomic E-state index is 0.274. The Labute approximate surface area is 105 Å². The van der Waals surface area contributed by atoms with Crippen LogP contribution >= 0.6 is 27.7 Å². The maximum Gasteiger partial charge on any atom is 0.235 e. The predicted molar refractivity (Wildman–Crippen MR) is 64.9 cm³/mol. The van der Waals surface area contributed by atoms with Crippen LogP contribution in [-0.2, 0) is 10.3 Å². The Balaban J connectivity index is 2.48. The molecule has 16 heavy (non-hydrogen) atoms. The van der Waals surface area contributed by atoms with Gasteiger partial charge in [0.05, 0.1) is 10.4 Å². The van der Waals surface area contributed by atoms with Gasteiger partial charge in [0.15, 0.2) is 0 Å². The van der Waals surface area contributed by atoms with Crippen molar-refractivity contribution in [2.24, 2.45) is 4.99 Å². The molecule has 1 aromatic carbocycles. The van der Waals surface area contributed by atoms with Crippen molar-refractivity contribution >= 4 is 33.8 Å². The van der Waals surface area contributed by atoms with E-state index in [1.165, 1.54) is 17.8 Å². The Kier molecular flexibility index (Phi) is 3.19. The number of hydrogen-bond donors (Lipinski definition) is 0. The summed E-state index contributed by atoms with van der Waals surface area (Å²) < 4.78 is 14.4. The molecule has 2 nitrogen and oxygen atoms in total. The molecule has 0 heterocycles. The molecule has 0 N–H and O–H groups in total. The highest BCUT2D eigenvalue weighted by Crippen LogP contribution is 2.50. The number of benzene rings is 1. The number of aliphatic imine (C=N–C) groups is 1. The van der Waals surface area contributed by atoms with Crippen LogP contribution in [-0.4, -0.2) is 12.3 Å². The first-order valence-corrected chi connectivity index (χ1v) is 6.77. The maximum absolute atomic E-state index is 13.7. The zero-order valence-electron chi connectivity index (χ0n) is 8.59. The number of rotatable bonds is 3. The second kappa shape index (κ2) is 4.32. The fourth-order valence-corrected chi connectivity index (χ4v) is 3.12. The molecule has 2 rings (SSSR count). The number of carbonyl (C=O) groups excluding carboxylic acids is 1. The van der Waals surface area contributed by atoms with Crippen molar-refractivity contribution in [3.05, 3.63) is 28.0 Å². The summed E-state index contributed by atoms with van der Waals surface area (Å²) in [6.45, 7) is 0. The molecule has 0 atom stereocenters. The lowest BCUT2D eigenvalue weighted by Gasteiger charge is -2.11. The fraction of sp³-hybridized carbons (Fsp3) is 0.364. The summed E-state index contributed by atoms with van der Waals surface area (Å²) in [4.78, 5) is 14.7. The van der Waals surface area contributed by atoms with Gasteiger partial charge in [-0.15, -0.1) is 11.8 Å². The average Bonchev–Trinajstić information content (AvgIpc) is 2.99. The number of halogens is 2. The molecule has 1 fully saturated rings. The average molecular weight is 302 g/mol. The van der Waals surface area contributed by atoms with Crippen molar-refractivity contribution in [3.63, 3.8) is 0 Å². The van der Waals surface area contributed by atoms with Gasteiger partial charge in [0.2, 0.25) is 6.08 Å². The predicted octanol–water partition coefficient (Wildman–Crippen LogP) is 3.64. The van der Waals surface area contributed by atoms with Crippen molar-refractivity contribution in [1.29, 1.82) is 0 Å². The molecule has 1 aliphatic rings. The molecule has 0 spiro atoms. The molecule has 0 aliphatic heterocycles. The third kappa shape index (κ3) is 1.95. The number of hydrogen-bond acceptors (Lipinski definition) is 3. The standard InChI is InChI=1S/C11H9BrFNOS/c1-16-10-8(12)4-7(5-9(10)13)11(2-3-11)14-6-15/h4-5H,2-3H2,1H3.